The van der Waals surface area contributed by atoms with E-state index in [1.54, 1.807) is 23.9 Å². The normalized spacial score (nSPS) is 32.5. The molecule has 3 aliphatic rings. The number of hydrogen-bond donors (Lipinski definition) is 0. The van der Waals surface area contributed by atoms with Crippen LogP contribution in [0.4, 0.5) is 0 Å². The molecule has 0 N–H and O–H groups in total. The summed E-state index contributed by atoms with van der Waals surface area (Å²) in [6, 6.07) is 0.820. The number of nitrogens with zero attached hydrogens (tertiary/aromatic N) is 3. The van der Waals surface area contributed by atoms with Crippen molar-refractivity contribution in [3.8, 4) is 0 Å². The standard InChI is InChI=1S/C19H33N3O4/c1-20(2)17(23)9-13-11-22(14-5-7-25-8-6-14)15-12-26-16(19(13)15)10-18(24)21(3)4/h13-16,19H,5-12H2,1-4H3/t13-,15-,16+,19-/m1/s1. The van der Waals surface area contributed by atoms with Gasteiger partial charge in [-0.2, -0.15) is 0 Å². The van der Waals surface area contributed by atoms with Gasteiger partial charge >= 0.3 is 0 Å². The Balaban J connectivity index is 1.75. The molecular formula is C19H33N3O4. The smallest absolute Gasteiger partial charge is 0.224 e. The summed E-state index contributed by atoms with van der Waals surface area (Å²) in [6.45, 7) is 3.21. The van der Waals surface area contributed by atoms with Crippen LogP contribution < -0.4 is 0 Å². The maximum atomic E-state index is 12.4. The topological polar surface area (TPSA) is 62.3 Å². The first-order chi connectivity index (χ1) is 12.4. The molecule has 3 rings (SSSR count). The molecular weight excluding hydrogens is 334 g/mol. The van der Waals surface area contributed by atoms with Crippen LogP contribution in [0.15, 0.2) is 0 Å². The second-order valence-corrected chi connectivity index (χ2v) is 8.30. The molecule has 4 atom stereocenters. The molecule has 26 heavy (non-hydrogen) atoms. The number of hydrogen-bond acceptors (Lipinski definition) is 5. The van der Waals surface area contributed by atoms with Crippen molar-refractivity contribution >= 4 is 11.8 Å². The highest BCUT2D eigenvalue weighted by molar-refractivity contribution is 5.77. The Morgan fingerprint density at radius 2 is 1.62 bits per heavy atom. The van der Waals surface area contributed by atoms with Crippen LogP contribution in [0, 0.1) is 11.8 Å². The van der Waals surface area contributed by atoms with Gasteiger partial charge in [-0.1, -0.05) is 0 Å². The van der Waals surface area contributed by atoms with E-state index in [0.717, 1.165) is 32.6 Å². The third kappa shape index (κ3) is 4.05. The van der Waals surface area contributed by atoms with E-state index in [-0.39, 0.29) is 29.8 Å². The monoisotopic (exact) mass is 367 g/mol. The Morgan fingerprint density at radius 1 is 1.00 bits per heavy atom. The number of amides is 2. The largest absolute Gasteiger partial charge is 0.381 e. The van der Waals surface area contributed by atoms with Crippen LogP contribution in [0.25, 0.3) is 0 Å². The molecule has 7 nitrogen and oxygen atoms in total. The Kier molecular flexibility index (Phi) is 6.20. The lowest BCUT2D eigenvalue weighted by Gasteiger charge is -2.34. The van der Waals surface area contributed by atoms with Crippen molar-refractivity contribution in [2.24, 2.45) is 11.8 Å². The van der Waals surface area contributed by atoms with Crippen molar-refractivity contribution in [3.63, 3.8) is 0 Å². The summed E-state index contributed by atoms with van der Waals surface area (Å²) in [5.74, 6) is 0.760. The van der Waals surface area contributed by atoms with Crippen LogP contribution in [0.2, 0.25) is 0 Å². The summed E-state index contributed by atoms with van der Waals surface area (Å²) < 4.78 is 11.6. The molecule has 3 fully saturated rings. The highest BCUT2D eigenvalue weighted by atomic mass is 16.5. The molecule has 3 heterocycles. The molecule has 2 amide bonds. The molecule has 0 bridgehead atoms. The average Bonchev–Trinajstić information content (AvgIpc) is 3.17. The number of rotatable bonds is 5. The van der Waals surface area contributed by atoms with Gasteiger partial charge in [0, 0.05) is 72.4 Å². The van der Waals surface area contributed by atoms with Gasteiger partial charge in [-0.25, -0.2) is 0 Å². The number of fused-ring (bicyclic) bond motifs is 1. The van der Waals surface area contributed by atoms with Gasteiger partial charge in [0.15, 0.2) is 0 Å². The van der Waals surface area contributed by atoms with Crippen LogP contribution in [-0.2, 0) is 19.1 Å². The van der Waals surface area contributed by atoms with Gasteiger partial charge in [0.05, 0.1) is 19.1 Å². The molecule has 0 aromatic heterocycles. The van der Waals surface area contributed by atoms with Crippen molar-refractivity contribution in [1.29, 1.82) is 0 Å². The predicted octanol–water partition coefficient (Wildman–Crippen LogP) is 0.437. The summed E-state index contributed by atoms with van der Waals surface area (Å²) in [4.78, 5) is 30.5. The Labute approximate surface area is 156 Å². The second-order valence-electron chi connectivity index (χ2n) is 8.30. The number of carbonyl (C=O) groups excluding carboxylic acids is 2. The van der Waals surface area contributed by atoms with Crippen LogP contribution >= 0.6 is 0 Å². The molecule has 3 saturated heterocycles. The van der Waals surface area contributed by atoms with E-state index in [1.165, 1.54) is 0 Å². The Bertz CT molecular complexity index is 519. The molecule has 148 valence electrons. The highest BCUT2D eigenvalue weighted by Crippen LogP contribution is 2.43. The van der Waals surface area contributed by atoms with Gasteiger partial charge in [-0.15, -0.1) is 0 Å². The lowest BCUT2D eigenvalue weighted by Crippen LogP contribution is -2.44. The molecule has 0 aliphatic carbocycles. The van der Waals surface area contributed by atoms with Crippen LogP contribution in [-0.4, -0.2) is 99.3 Å². The van der Waals surface area contributed by atoms with E-state index in [2.05, 4.69) is 4.90 Å². The summed E-state index contributed by atoms with van der Waals surface area (Å²) in [5.41, 5.74) is 0. The zero-order valence-corrected chi connectivity index (χ0v) is 16.5. The third-order valence-electron chi connectivity index (χ3n) is 6.24. The van der Waals surface area contributed by atoms with E-state index in [4.69, 9.17) is 9.47 Å². The van der Waals surface area contributed by atoms with Crippen molar-refractivity contribution < 1.29 is 19.1 Å². The first-order valence-electron chi connectivity index (χ1n) is 9.74. The van der Waals surface area contributed by atoms with Gasteiger partial charge in [0.1, 0.15) is 0 Å². The number of carbonyl (C=O) groups is 2. The molecule has 3 aliphatic heterocycles. The molecule has 0 aromatic rings. The number of likely N-dealkylation sites (tertiary alicyclic amines) is 1. The van der Waals surface area contributed by atoms with E-state index in [1.807, 2.05) is 14.1 Å². The summed E-state index contributed by atoms with van der Waals surface area (Å²) in [7, 11) is 7.18. The summed E-state index contributed by atoms with van der Waals surface area (Å²) in [5, 5.41) is 0. The van der Waals surface area contributed by atoms with Crippen LogP contribution in [0.1, 0.15) is 25.7 Å². The fraction of sp³-hybridized carbons (Fsp3) is 0.895. The summed E-state index contributed by atoms with van der Waals surface area (Å²) in [6.07, 6.45) is 2.93. The van der Waals surface area contributed by atoms with Crippen LogP contribution in [0.5, 0.6) is 0 Å². The number of ether oxygens (including phenoxy) is 2. The quantitative estimate of drug-likeness (QED) is 0.706. The molecule has 0 saturated carbocycles. The second kappa shape index (κ2) is 8.23. The fourth-order valence-corrected chi connectivity index (χ4v) is 4.75. The predicted molar refractivity (Wildman–Crippen MR) is 97.7 cm³/mol. The minimum Gasteiger partial charge on any atom is -0.381 e. The zero-order chi connectivity index (χ0) is 18.8. The summed E-state index contributed by atoms with van der Waals surface area (Å²) >= 11 is 0. The first-order valence-corrected chi connectivity index (χ1v) is 9.74. The molecule has 0 aromatic carbocycles. The minimum absolute atomic E-state index is 0.0836. The maximum Gasteiger partial charge on any atom is 0.224 e. The Morgan fingerprint density at radius 3 is 2.23 bits per heavy atom. The van der Waals surface area contributed by atoms with Gasteiger partial charge < -0.3 is 19.3 Å². The van der Waals surface area contributed by atoms with Crippen molar-refractivity contribution in [1.82, 2.24) is 14.7 Å². The Hall–Kier alpha value is -1.18. The lowest BCUT2D eigenvalue weighted by molar-refractivity contribution is -0.131. The van der Waals surface area contributed by atoms with Crippen LogP contribution in [0.3, 0.4) is 0 Å². The molecule has 0 unspecified atom stereocenters. The zero-order valence-electron chi connectivity index (χ0n) is 16.5. The first kappa shape index (κ1) is 19.6. The average molecular weight is 367 g/mol. The SMILES string of the molecule is CN(C)C(=O)C[C@@H]1CN(C2CCOCC2)[C@@H]2CO[C@@H](CC(=O)N(C)C)[C@H]12. The maximum absolute atomic E-state index is 12.4. The van der Waals surface area contributed by atoms with E-state index >= 15 is 0 Å². The fourth-order valence-electron chi connectivity index (χ4n) is 4.75. The lowest BCUT2D eigenvalue weighted by atomic mass is 9.84. The van der Waals surface area contributed by atoms with Gasteiger partial charge in [0.2, 0.25) is 11.8 Å². The van der Waals surface area contributed by atoms with Gasteiger partial charge in [0.25, 0.3) is 0 Å². The van der Waals surface area contributed by atoms with E-state index in [9.17, 15) is 9.59 Å². The van der Waals surface area contributed by atoms with Crippen molar-refractivity contribution in [2.75, 3.05) is 54.6 Å². The van der Waals surface area contributed by atoms with E-state index in [0.29, 0.717) is 31.5 Å². The van der Waals surface area contributed by atoms with Gasteiger partial charge in [-0.3, -0.25) is 14.5 Å². The van der Waals surface area contributed by atoms with Crippen molar-refractivity contribution in [2.45, 2.75) is 43.9 Å². The van der Waals surface area contributed by atoms with E-state index < -0.39 is 0 Å². The minimum atomic E-state index is -0.0836. The third-order valence-corrected chi connectivity index (χ3v) is 6.24. The van der Waals surface area contributed by atoms with Gasteiger partial charge in [-0.05, 0) is 18.8 Å². The molecule has 0 spiro atoms. The molecule has 0 radical (unpaired) electrons. The molecule has 7 heteroatoms. The van der Waals surface area contributed by atoms with Crippen molar-refractivity contribution in [3.05, 3.63) is 0 Å². The highest BCUT2D eigenvalue weighted by Gasteiger charge is 2.52.